The minimum Gasteiger partial charge on any atom is -0.298 e. The maximum Gasteiger partial charge on any atom is 0.150 e. The minimum atomic E-state index is 0.642. The van der Waals surface area contributed by atoms with Crippen LogP contribution in [0.4, 0.5) is 0 Å². The highest BCUT2D eigenvalue weighted by Gasteiger charge is 2.06. The van der Waals surface area contributed by atoms with Gasteiger partial charge >= 0.3 is 0 Å². The summed E-state index contributed by atoms with van der Waals surface area (Å²) in [6.07, 6.45) is 1.83. The second-order valence-corrected chi connectivity index (χ2v) is 4.65. The zero-order valence-electron chi connectivity index (χ0n) is 7.71. The first-order valence-electron chi connectivity index (χ1n) is 4.41. The topological polar surface area (TPSA) is 17.1 Å². The monoisotopic (exact) mass is 224 g/mol. The van der Waals surface area contributed by atoms with Crippen LogP contribution in [0.2, 0.25) is 5.02 Å². The van der Waals surface area contributed by atoms with Crippen LogP contribution in [0.25, 0.3) is 10.1 Å². The van der Waals surface area contributed by atoms with E-state index in [-0.39, 0.29) is 0 Å². The standard InChI is InChI=1S/C11H9ClOS/c1-2-9-5-8-3-7(6-13)4-10(12)11(8)14-9/h3-6H,2H2,1H3. The summed E-state index contributed by atoms with van der Waals surface area (Å²) in [6, 6.07) is 5.69. The Balaban J connectivity index is 2.73. The van der Waals surface area contributed by atoms with E-state index in [9.17, 15) is 4.79 Å². The van der Waals surface area contributed by atoms with Crippen LogP contribution < -0.4 is 0 Å². The van der Waals surface area contributed by atoms with Crippen molar-refractivity contribution in [2.45, 2.75) is 13.3 Å². The molecule has 14 heavy (non-hydrogen) atoms. The number of aldehydes is 1. The molecule has 1 aromatic carbocycles. The highest BCUT2D eigenvalue weighted by molar-refractivity contribution is 7.19. The van der Waals surface area contributed by atoms with Crippen molar-refractivity contribution in [2.24, 2.45) is 0 Å². The first-order chi connectivity index (χ1) is 6.74. The van der Waals surface area contributed by atoms with Crippen LogP contribution in [0.1, 0.15) is 22.2 Å². The molecule has 2 rings (SSSR count). The first kappa shape index (κ1) is 9.69. The predicted octanol–water partition coefficient (Wildman–Crippen LogP) is 3.93. The van der Waals surface area contributed by atoms with Crippen LogP contribution >= 0.6 is 22.9 Å². The minimum absolute atomic E-state index is 0.642. The number of halogens is 1. The third-order valence-corrected chi connectivity index (χ3v) is 3.87. The SMILES string of the molecule is CCc1cc2cc(C=O)cc(Cl)c2s1. The molecule has 1 nitrogen and oxygen atoms in total. The van der Waals surface area contributed by atoms with Gasteiger partial charge in [0.05, 0.1) is 9.72 Å². The van der Waals surface area contributed by atoms with Crippen LogP contribution in [0, 0.1) is 0 Å². The van der Waals surface area contributed by atoms with Gasteiger partial charge in [-0.2, -0.15) is 0 Å². The number of carbonyl (C=O) groups is 1. The van der Waals surface area contributed by atoms with Crippen molar-refractivity contribution < 1.29 is 4.79 Å². The third kappa shape index (κ3) is 1.56. The first-order valence-corrected chi connectivity index (χ1v) is 5.61. The molecule has 0 atom stereocenters. The number of rotatable bonds is 2. The molecular weight excluding hydrogens is 216 g/mol. The van der Waals surface area contributed by atoms with E-state index in [1.54, 1.807) is 17.4 Å². The molecule has 0 radical (unpaired) electrons. The molecule has 0 aliphatic rings. The number of fused-ring (bicyclic) bond motifs is 1. The summed E-state index contributed by atoms with van der Waals surface area (Å²) >= 11 is 7.76. The van der Waals surface area contributed by atoms with E-state index >= 15 is 0 Å². The molecule has 0 aliphatic carbocycles. The van der Waals surface area contributed by atoms with Crippen LogP contribution in [0.3, 0.4) is 0 Å². The lowest BCUT2D eigenvalue weighted by atomic mass is 10.2. The van der Waals surface area contributed by atoms with Crippen molar-refractivity contribution in [3.8, 4) is 0 Å². The van der Waals surface area contributed by atoms with Crippen molar-refractivity contribution in [3.63, 3.8) is 0 Å². The highest BCUT2D eigenvalue weighted by Crippen LogP contribution is 2.32. The number of thiophene rings is 1. The van der Waals surface area contributed by atoms with E-state index in [1.165, 1.54) is 4.88 Å². The quantitative estimate of drug-likeness (QED) is 0.707. The van der Waals surface area contributed by atoms with Crippen molar-refractivity contribution >= 4 is 39.3 Å². The Morgan fingerprint density at radius 1 is 1.43 bits per heavy atom. The Kier molecular flexibility index (Phi) is 2.57. The van der Waals surface area contributed by atoms with Crippen LogP contribution in [0.5, 0.6) is 0 Å². The van der Waals surface area contributed by atoms with Crippen molar-refractivity contribution in [1.82, 2.24) is 0 Å². The molecule has 1 heterocycles. The second kappa shape index (κ2) is 3.71. The third-order valence-electron chi connectivity index (χ3n) is 2.13. The molecule has 1 aromatic heterocycles. The van der Waals surface area contributed by atoms with Crippen molar-refractivity contribution in [1.29, 1.82) is 0 Å². The van der Waals surface area contributed by atoms with Crippen LogP contribution in [-0.2, 0) is 6.42 Å². The summed E-state index contributed by atoms with van der Waals surface area (Å²) < 4.78 is 1.08. The van der Waals surface area contributed by atoms with Gasteiger partial charge in [0.1, 0.15) is 6.29 Å². The lowest BCUT2D eigenvalue weighted by Gasteiger charge is -1.94. The number of benzene rings is 1. The van der Waals surface area contributed by atoms with Gasteiger partial charge in [0.2, 0.25) is 0 Å². The lowest BCUT2D eigenvalue weighted by molar-refractivity contribution is 0.112. The van der Waals surface area contributed by atoms with E-state index in [1.807, 2.05) is 6.07 Å². The summed E-state index contributed by atoms with van der Waals surface area (Å²) in [5.74, 6) is 0. The van der Waals surface area contributed by atoms with E-state index in [0.29, 0.717) is 10.6 Å². The molecule has 0 unspecified atom stereocenters. The average Bonchev–Trinajstić information content (AvgIpc) is 2.61. The average molecular weight is 225 g/mol. The fourth-order valence-corrected chi connectivity index (χ4v) is 2.76. The molecule has 0 aliphatic heterocycles. The van der Waals surface area contributed by atoms with Gasteiger partial charge in [0, 0.05) is 10.4 Å². The maximum absolute atomic E-state index is 10.6. The number of carbonyl (C=O) groups excluding carboxylic acids is 1. The smallest absolute Gasteiger partial charge is 0.150 e. The molecule has 0 saturated carbocycles. The van der Waals surface area contributed by atoms with Crippen LogP contribution in [-0.4, -0.2) is 6.29 Å². The summed E-state index contributed by atoms with van der Waals surface area (Å²) in [5, 5.41) is 1.75. The maximum atomic E-state index is 10.6. The van der Waals surface area contributed by atoms with Gasteiger partial charge in [-0.1, -0.05) is 18.5 Å². The summed E-state index contributed by atoms with van der Waals surface area (Å²) in [5.41, 5.74) is 0.642. The number of hydrogen-bond donors (Lipinski definition) is 0. The van der Waals surface area contributed by atoms with Gasteiger partial charge in [-0.3, -0.25) is 4.79 Å². The van der Waals surface area contributed by atoms with Gasteiger partial charge in [-0.05, 0) is 30.0 Å². The fourth-order valence-electron chi connectivity index (χ4n) is 1.43. The molecule has 2 aromatic rings. The zero-order chi connectivity index (χ0) is 10.1. The largest absolute Gasteiger partial charge is 0.298 e. The molecule has 3 heteroatoms. The fraction of sp³-hybridized carbons (Fsp3) is 0.182. The van der Waals surface area contributed by atoms with Gasteiger partial charge in [-0.15, -0.1) is 11.3 Å². The summed E-state index contributed by atoms with van der Waals surface area (Å²) in [7, 11) is 0. The van der Waals surface area contributed by atoms with E-state index in [0.717, 1.165) is 22.8 Å². The molecule has 0 fully saturated rings. The zero-order valence-corrected chi connectivity index (χ0v) is 9.28. The van der Waals surface area contributed by atoms with Crippen molar-refractivity contribution in [3.05, 3.63) is 33.7 Å². The Bertz CT molecular complexity index is 487. The van der Waals surface area contributed by atoms with E-state index in [2.05, 4.69) is 13.0 Å². The lowest BCUT2D eigenvalue weighted by Crippen LogP contribution is -1.78. The van der Waals surface area contributed by atoms with Crippen LogP contribution in [0.15, 0.2) is 18.2 Å². The highest BCUT2D eigenvalue weighted by atomic mass is 35.5. The summed E-state index contributed by atoms with van der Waals surface area (Å²) in [6.45, 7) is 2.11. The molecule has 0 saturated heterocycles. The van der Waals surface area contributed by atoms with Gasteiger partial charge in [0.15, 0.2) is 0 Å². The molecule has 72 valence electrons. The van der Waals surface area contributed by atoms with Gasteiger partial charge < -0.3 is 0 Å². The molecule has 0 N–H and O–H groups in total. The van der Waals surface area contributed by atoms with E-state index < -0.39 is 0 Å². The number of aryl methyl sites for hydroxylation is 1. The Morgan fingerprint density at radius 2 is 2.21 bits per heavy atom. The van der Waals surface area contributed by atoms with Gasteiger partial charge in [0.25, 0.3) is 0 Å². The Hall–Kier alpha value is -0.860. The van der Waals surface area contributed by atoms with Gasteiger partial charge in [-0.25, -0.2) is 0 Å². The molecule has 0 amide bonds. The molecular formula is C11H9ClOS. The summed E-state index contributed by atoms with van der Waals surface area (Å²) in [4.78, 5) is 11.9. The normalized spacial score (nSPS) is 10.7. The Labute approximate surface area is 91.3 Å². The number of hydrogen-bond acceptors (Lipinski definition) is 2. The molecule has 0 bridgehead atoms. The van der Waals surface area contributed by atoms with E-state index in [4.69, 9.17) is 11.6 Å². The Morgan fingerprint density at radius 3 is 2.86 bits per heavy atom. The van der Waals surface area contributed by atoms with Crippen molar-refractivity contribution in [2.75, 3.05) is 0 Å². The predicted molar refractivity (Wildman–Crippen MR) is 61.6 cm³/mol. The molecule has 0 spiro atoms. The second-order valence-electron chi connectivity index (χ2n) is 3.11.